The van der Waals surface area contributed by atoms with E-state index in [0.717, 1.165) is 5.56 Å². The van der Waals surface area contributed by atoms with E-state index in [0.29, 0.717) is 62.2 Å². The zero-order chi connectivity index (χ0) is 23.3. The van der Waals surface area contributed by atoms with E-state index in [-0.39, 0.29) is 10.8 Å². The highest BCUT2D eigenvalue weighted by atomic mass is 32.2. The van der Waals surface area contributed by atoms with E-state index in [1.165, 1.54) is 10.4 Å². The molecule has 1 N–H and O–H groups in total. The van der Waals surface area contributed by atoms with Gasteiger partial charge in [-0.05, 0) is 41.8 Å². The van der Waals surface area contributed by atoms with Crippen molar-refractivity contribution in [3.63, 3.8) is 0 Å². The first-order valence-electron chi connectivity index (χ1n) is 11.2. The van der Waals surface area contributed by atoms with Gasteiger partial charge in [-0.1, -0.05) is 39.8 Å². The van der Waals surface area contributed by atoms with Crippen LogP contribution in [0.3, 0.4) is 0 Å². The molecule has 1 amide bonds. The molecule has 2 aromatic carbocycles. The first kappa shape index (κ1) is 24.2. The van der Waals surface area contributed by atoms with E-state index in [1.54, 1.807) is 26.0 Å². The molecule has 32 heavy (non-hydrogen) atoms. The summed E-state index contributed by atoms with van der Waals surface area (Å²) >= 11 is 0. The van der Waals surface area contributed by atoms with Crippen LogP contribution in [0, 0.1) is 0 Å². The van der Waals surface area contributed by atoms with Crippen molar-refractivity contribution in [1.29, 1.82) is 0 Å². The number of ether oxygens (including phenoxy) is 1. The highest BCUT2D eigenvalue weighted by molar-refractivity contribution is 7.89. The Morgan fingerprint density at radius 3 is 2.41 bits per heavy atom. The fraction of sp³-hybridized carbons (Fsp3) is 0.458. The van der Waals surface area contributed by atoms with Crippen molar-refractivity contribution in [3.8, 4) is 0 Å². The van der Waals surface area contributed by atoms with Crippen LogP contribution < -0.4 is 10.2 Å². The first-order valence-corrected chi connectivity index (χ1v) is 12.6. The summed E-state index contributed by atoms with van der Waals surface area (Å²) in [5.41, 5.74) is 2.86. The van der Waals surface area contributed by atoms with E-state index < -0.39 is 10.0 Å². The van der Waals surface area contributed by atoms with Gasteiger partial charge in [0.1, 0.15) is 0 Å². The van der Waals surface area contributed by atoms with Crippen LogP contribution in [-0.2, 0) is 14.8 Å². The zero-order valence-corrected chi connectivity index (χ0v) is 20.1. The predicted molar refractivity (Wildman–Crippen MR) is 128 cm³/mol. The number of anilines is 2. The van der Waals surface area contributed by atoms with Crippen LogP contribution in [0.5, 0.6) is 0 Å². The van der Waals surface area contributed by atoms with E-state index >= 15 is 0 Å². The van der Waals surface area contributed by atoms with Gasteiger partial charge in [0.2, 0.25) is 10.0 Å². The van der Waals surface area contributed by atoms with E-state index in [2.05, 4.69) is 24.1 Å². The van der Waals surface area contributed by atoms with Gasteiger partial charge < -0.3 is 15.0 Å². The molecule has 0 spiro atoms. The molecule has 7 nitrogen and oxygen atoms in total. The summed E-state index contributed by atoms with van der Waals surface area (Å²) in [6.45, 7) is 11.0. The summed E-state index contributed by atoms with van der Waals surface area (Å²) in [7, 11) is -3.69. The van der Waals surface area contributed by atoms with Crippen LogP contribution in [-0.4, -0.2) is 58.0 Å². The third-order valence-electron chi connectivity index (χ3n) is 5.72. The minimum atomic E-state index is -3.69. The molecule has 1 heterocycles. The third-order valence-corrected chi connectivity index (χ3v) is 7.76. The van der Waals surface area contributed by atoms with Gasteiger partial charge in [-0.2, -0.15) is 4.31 Å². The normalized spacial score (nSPS) is 14.8. The number of hydrogen-bond acceptors (Lipinski definition) is 5. The molecular formula is C24H33N3O4S. The van der Waals surface area contributed by atoms with Crippen molar-refractivity contribution in [2.45, 2.75) is 38.5 Å². The fourth-order valence-electron chi connectivity index (χ4n) is 3.82. The Morgan fingerprint density at radius 1 is 1.09 bits per heavy atom. The molecule has 0 bridgehead atoms. The molecule has 0 unspecified atom stereocenters. The summed E-state index contributed by atoms with van der Waals surface area (Å²) < 4.78 is 33.0. The first-order chi connectivity index (χ1) is 15.3. The standard InChI is InChI=1S/C24H33N3O4S/c1-5-27(6-2)32(29,30)21-10-11-23(26-12-14-31-15-13-26)22(17-21)24(28)25-20-9-7-8-19(16-20)18(3)4/h7-11,16-18H,5-6,12-15H2,1-4H3,(H,25,28). The van der Waals surface area contributed by atoms with Gasteiger partial charge >= 0.3 is 0 Å². The molecule has 174 valence electrons. The third kappa shape index (κ3) is 5.31. The van der Waals surface area contributed by atoms with Crippen molar-refractivity contribution in [1.82, 2.24) is 4.31 Å². The van der Waals surface area contributed by atoms with Crippen molar-refractivity contribution in [3.05, 3.63) is 53.6 Å². The van der Waals surface area contributed by atoms with Gasteiger partial charge in [0.05, 0.1) is 23.7 Å². The van der Waals surface area contributed by atoms with Crippen molar-refractivity contribution in [2.24, 2.45) is 0 Å². The molecule has 0 aromatic heterocycles. The minimum absolute atomic E-state index is 0.124. The van der Waals surface area contributed by atoms with E-state index in [4.69, 9.17) is 4.74 Å². The summed E-state index contributed by atoms with van der Waals surface area (Å²) in [5.74, 6) is 0.00213. The SMILES string of the molecule is CCN(CC)S(=O)(=O)c1ccc(N2CCOCC2)c(C(=O)Nc2cccc(C(C)C)c2)c1. The lowest BCUT2D eigenvalue weighted by Gasteiger charge is -2.30. The number of morpholine rings is 1. The van der Waals surface area contributed by atoms with Gasteiger partial charge in [0.15, 0.2) is 0 Å². The van der Waals surface area contributed by atoms with Gasteiger partial charge in [-0.15, -0.1) is 0 Å². The van der Waals surface area contributed by atoms with Crippen molar-refractivity contribution in [2.75, 3.05) is 49.6 Å². The highest BCUT2D eigenvalue weighted by Gasteiger charge is 2.26. The quantitative estimate of drug-likeness (QED) is 0.647. The molecule has 0 saturated carbocycles. The molecule has 1 aliphatic rings. The molecule has 0 aliphatic carbocycles. The van der Waals surface area contributed by atoms with Crippen LogP contribution in [0.4, 0.5) is 11.4 Å². The lowest BCUT2D eigenvalue weighted by molar-refractivity contribution is 0.102. The number of rotatable bonds is 8. The number of nitrogens with zero attached hydrogens (tertiary/aromatic N) is 2. The average Bonchev–Trinajstić information content (AvgIpc) is 2.80. The Labute approximate surface area is 191 Å². The number of hydrogen-bond donors (Lipinski definition) is 1. The number of carbonyl (C=O) groups is 1. The summed E-state index contributed by atoms with van der Waals surface area (Å²) in [6, 6.07) is 12.6. The maximum Gasteiger partial charge on any atom is 0.257 e. The monoisotopic (exact) mass is 459 g/mol. The fourth-order valence-corrected chi connectivity index (χ4v) is 5.31. The van der Waals surface area contributed by atoms with Gasteiger partial charge in [-0.3, -0.25) is 4.79 Å². The lowest BCUT2D eigenvalue weighted by Crippen LogP contribution is -2.37. The van der Waals surface area contributed by atoms with Crippen LogP contribution in [0.15, 0.2) is 47.4 Å². The molecule has 0 radical (unpaired) electrons. The second-order valence-corrected chi connectivity index (χ2v) is 10.0. The number of benzene rings is 2. The zero-order valence-electron chi connectivity index (χ0n) is 19.3. The van der Waals surface area contributed by atoms with Crippen LogP contribution in [0.1, 0.15) is 49.5 Å². The van der Waals surface area contributed by atoms with Gasteiger partial charge in [-0.25, -0.2) is 8.42 Å². The minimum Gasteiger partial charge on any atom is -0.378 e. The molecule has 3 rings (SSSR count). The summed E-state index contributed by atoms with van der Waals surface area (Å²) in [4.78, 5) is 15.6. The van der Waals surface area contributed by atoms with Crippen LogP contribution >= 0.6 is 0 Å². The molecule has 1 aliphatic heterocycles. The van der Waals surface area contributed by atoms with Gasteiger partial charge in [0, 0.05) is 37.6 Å². The number of nitrogens with one attached hydrogen (secondary N) is 1. The van der Waals surface area contributed by atoms with Crippen molar-refractivity contribution < 1.29 is 17.9 Å². The topological polar surface area (TPSA) is 79.0 Å². The lowest BCUT2D eigenvalue weighted by atomic mass is 10.0. The molecule has 0 atom stereocenters. The van der Waals surface area contributed by atoms with E-state index in [1.807, 2.05) is 24.3 Å². The van der Waals surface area contributed by atoms with Crippen LogP contribution in [0.2, 0.25) is 0 Å². The Balaban J connectivity index is 2.01. The Kier molecular flexibility index (Phi) is 7.92. The smallest absolute Gasteiger partial charge is 0.257 e. The highest BCUT2D eigenvalue weighted by Crippen LogP contribution is 2.28. The maximum absolute atomic E-state index is 13.4. The number of sulfonamides is 1. The molecule has 1 fully saturated rings. The number of amides is 1. The molecular weight excluding hydrogens is 426 g/mol. The second kappa shape index (κ2) is 10.5. The summed E-state index contributed by atoms with van der Waals surface area (Å²) in [6.07, 6.45) is 0. The Bertz CT molecular complexity index is 1040. The average molecular weight is 460 g/mol. The largest absolute Gasteiger partial charge is 0.378 e. The summed E-state index contributed by atoms with van der Waals surface area (Å²) in [5, 5.41) is 2.96. The maximum atomic E-state index is 13.4. The van der Waals surface area contributed by atoms with Crippen LogP contribution in [0.25, 0.3) is 0 Å². The Morgan fingerprint density at radius 2 is 1.78 bits per heavy atom. The molecule has 8 heteroatoms. The molecule has 1 saturated heterocycles. The second-order valence-electron chi connectivity index (χ2n) is 8.10. The van der Waals surface area contributed by atoms with Crippen molar-refractivity contribution >= 4 is 27.3 Å². The van der Waals surface area contributed by atoms with E-state index in [9.17, 15) is 13.2 Å². The molecule has 2 aromatic rings. The van der Waals surface area contributed by atoms with Gasteiger partial charge in [0.25, 0.3) is 5.91 Å². The Hall–Kier alpha value is -2.42. The number of carbonyl (C=O) groups excluding carboxylic acids is 1. The predicted octanol–water partition coefficient (Wildman–Crippen LogP) is 3.93.